The summed E-state index contributed by atoms with van der Waals surface area (Å²) in [6.45, 7) is 0. The summed E-state index contributed by atoms with van der Waals surface area (Å²) in [7, 11) is 0. The van der Waals surface area contributed by atoms with Crippen LogP contribution in [0.3, 0.4) is 0 Å². The van der Waals surface area contributed by atoms with Crippen LogP contribution in [0.2, 0.25) is 0 Å². The molecule has 0 radical (unpaired) electrons. The van der Waals surface area contributed by atoms with Gasteiger partial charge in [-0.2, -0.15) is 0 Å². The number of hydrogen-bond donors (Lipinski definition) is 3. The summed E-state index contributed by atoms with van der Waals surface area (Å²) in [5.74, 6) is 2.92. The molecule has 8 heterocycles. The zero-order valence-corrected chi connectivity index (χ0v) is 31.6. The smallest absolute Gasteiger partial charge is 0.147 e. The van der Waals surface area contributed by atoms with E-state index in [2.05, 4.69) is 96.1 Å². The van der Waals surface area contributed by atoms with Crippen LogP contribution in [-0.2, 0) is 0 Å². The van der Waals surface area contributed by atoms with Crippen LogP contribution in [0, 0.1) is 0 Å². The molecule has 4 saturated heterocycles. The number of benzene rings is 2. The number of aromatic nitrogens is 4. The molecule has 0 aliphatic carbocycles. The molecular weight excluding hydrogens is 816 g/mol. The topological polar surface area (TPSA) is 137 Å². The van der Waals surface area contributed by atoms with E-state index >= 15 is 0 Å². The number of nitrogens with two attached hydrogens (primary N) is 2. The molecule has 4 bridgehead atoms. The Labute approximate surface area is 311 Å². The average Bonchev–Trinajstić information content (AvgIpc) is 3.77. The van der Waals surface area contributed by atoms with Gasteiger partial charge >= 0.3 is 0 Å². The third-order valence-corrected chi connectivity index (χ3v) is 12.3. The largest absolute Gasteiger partial charge is 0.485 e. The summed E-state index contributed by atoms with van der Waals surface area (Å²) >= 11 is 9.66. The van der Waals surface area contributed by atoms with Gasteiger partial charge in [-0.1, -0.05) is 36.4 Å². The minimum atomic E-state index is -0.269. The summed E-state index contributed by atoms with van der Waals surface area (Å²) in [6, 6.07) is 18.5. The van der Waals surface area contributed by atoms with Crippen LogP contribution in [-0.4, -0.2) is 55.3 Å². The minimum absolute atomic E-state index is 0.0453. The molecule has 10 rings (SSSR count). The minimum Gasteiger partial charge on any atom is -0.485 e. The quantitative estimate of drug-likeness (QED) is 0.185. The standard InChI is InChI=1S/C18H19BrN4O.C14H18N2O.C4H2Br2N2/c19-15-9-22-16(10-21-15)23-11-5-6-12(23)8-18(7-11)17(20)13-3-1-2-4-14(13)24-18;15-13-11-3-1-2-4-12(11)17-14(13)7-9-5-6-10(8-14)16-9;5-3-1-7-4(6)2-8-3/h1-4,9-12,17H,5-8,20H2;1-4,9-10,13,16H,5-8,15H2;1-2H/t11-,12+,17-,18?;9-,10+,13-,14?;/m11./s1. The highest BCUT2D eigenvalue weighted by molar-refractivity contribution is 9.11. The number of anilines is 1. The molecule has 2 spiro atoms. The Morgan fingerprint density at radius 1 is 0.612 bits per heavy atom. The maximum atomic E-state index is 6.63. The Hall–Kier alpha value is -2.68. The number of para-hydroxylation sites is 2. The van der Waals surface area contributed by atoms with Crippen molar-refractivity contribution in [3.8, 4) is 11.5 Å². The van der Waals surface area contributed by atoms with Crippen molar-refractivity contribution in [1.82, 2.24) is 25.3 Å². The number of rotatable bonds is 1. The molecule has 0 amide bonds. The Balaban J connectivity index is 0.000000121. The van der Waals surface area contributed by atoms with Crippen LogP contribution in [0.15, 0.2) is 87.1 Å². The van der Waals surface area contributed by atoms with E-state index in [9.17, 15) is 0 Å². The van der Waals surface area contributed by atoms with Gasteiger partial charge in [0, 0.05) is 61.0 Å². The molecule has 13 heteroatoms. The highest BCUT2D eigenvalue weighted by atomic mass is 79.9. The van der Waals surface area contributed by atoms with E-state index in [1.165, 1.54) is 18.4 Å². The third kappa shape index (κ3) is 6.40. The molecule has 2 aromatic carbocycles. The second kappa shape index (κ2) is 13.5. The molecule has 10 nitrogen and oxygen atoms in total. The van der Waals surface area contributed by atoms with Gasteiger partial charge < -0.3 is 31.2 Å². The SMILES string of the molecule is Brc1cnc(Br)cn1.N[C@@H]1c2ccccc2OC12C[C@H]1CC[C@@H](C2)N1.N[C@@H]1c2ccccc2OC12C[C@H]1CC[C@@H](C2)N1c1cnc(Br)cn1. The van der Waals surface area contributed by atoms with E-state index in [1.54, 1.807) is 18.6 Å². The van der Waals surface area contributed by atoms with Crippen molar-refractivity contribution in [2.75, 3.05) is 4.90 Å². The van der Waals surface area contributed by atoms with Gasteiger partial charge in [-0.3, -0.25) is 0 Å². The molecule has 8 atom stereocenters. The van der Waals surface area contributed by atoms with Crippen LogP contribution in [0.1, 0.15) is 74.6 Å². The van der Waals surface area contributed by atoms with E-state index in [-0.39, 0.29) is 23.3 Å². The summed E-state index contributed by atoms with van der Waals surface area (Å²) in [4.78, 5) is 19.1. The summed E-state index contributed by atoms with van der Waals surface area (Å²) in [5.41, 5.74) is 15.0. The second-order valence-electron chi connectivity index (χ2n) is 14.0. The number of nitrogens with zero attached hydrogens (tertiary/aromatic N) is 5. The lowest BCUT2D eigenvalue weighted by Crippen LogP contribution is -2.56. The van der Waals surface area contributed by atoms with Crippen LogP contribution >= 0.6 is 47.8 Å². The van der Waals surface area contributed by atoms with Gasteiger partial charge in [0.2, 0.25) is 0 Å². The van der Waals surface area contributed by atoms with E-state index in [0.717, 1.165) is 75.2 Å². The maximum Gasteiger partial charge on any atom is 0.147 e. The van der Waals surface area contributed by atoms with Gasteiger partial charge in [0.05, 0.1) is 36.9 Å². The zero-order chi connectivity index (χ0) is 33.8. The first-order chi connectivity index (χ1) is 23.7. The van der Waals surface area contributed by atoms with Crippen molar-refractivity contribution in [2.45, 2.75) is 98.8 Å². The van der Waals surface area contributed by atoms with Crippen molar-refractivity contribution in [1.29, 1.82) is 0 Å². The molecule has 49 heavy (non-hydrogen) atoms. The molecule has 4 fully saturated rings. The third-order valence-electron chi connectivity index (χ3n) is 11.0. The van der Waals surface area contributed by atoms with Gasteiger partial charge in [-0.05, 0) is 85.6 Å². The molecule has 256 valence electrons. The Kier molecular flexibility index (Phi) is 9.19. The molecular formula is C36H39Br3N8O2. The predicted octanol–water partition coefficient (Wildman–Crippen LogP) is 6.94. The number of nitrogens with one attached hydrogen (secondary N) is 1. The van der Waals surface area contributed by atoms with Crippen LogP contribution < -0.4 is 31.2 Å². The summed E-state index contributed by atoms with van der Waals surface area (Å²) in [5, 5.41) is 3.65. The molecule has 4 aromatic rings. The van der Waals surface area contributed by atoms with Crippen molar-refractivity contribution in [3.05, 3.63) is 98.3 Å². The number of piperidine rings is 2. The molecule has 5 N–H and O–H groups in total. The zero-order valence-electron chi connectivity index (χ0n) is 26.9. The lowest BCUT2D eigenvalue weighted by Gasteiger charge is -2.46. The van der Waals surface area contributed by atoms with Crippen molar-refractivity contribution in [2.24, 2.45) is 11.5 Å². The fraction of sp³-hybridized carbons (Fsp3) is 0.444. The van der Waals surface area contributed by atoms with Gasteiger partial charge in [-0.15, -0.1) is 0 Å². The first-order valence-electron chi connectivity index (χ1n) is 16.9. The monoisotopic (exact) mass is 852 g/mol. The number of hydrogen-bond acceptors (Lipinski definition) is 10. The second-order valence-corrected chi connectivity index (χ2v) is 16.4. The normalized spacial score (nSPS) is 32.7. The molecule has 2 aromatic heterocycles. The fourth-order valence-electron chi connectivity index (χ4n) is 8.96. The molecule has 0 saturated carbocycles. The number of fused-ring (bicyclic) bond motifs is 6. The van der Waals surface area contributed by atoms with Gasteiger partial charge in [0.15, 0.2) is 0 Å². The van der Waals surface area contributed by atoms with Crippen LogP contribution in [0.5, 0.6) is 11.5 Å². The van der Waals surface area contributed by atoms with Crippen LogP contribution in [0.4, 0.5) is 5.82 Å². The predicted molar refractivity (Wildman–Crippen MR) is 198 cm³/mol. The lowest BCUT2D eigenvalue weighted by atomic mass is 9.79. The average molecular weight is 855 g/mol. The molecule has 6 aliphatic heterocycles. The van der Waals surface area contributed by atoms with E-state index in [4.69, 9.17) is 20.9 Å². The highest BCUT2D eigenvalue weighted by Gasteiger charge is 2.57. The first kappa shape index (κ1) is 33.5. The fourth-order valence-corrected chi connectivity index (χ4v) is 9.58. The summed E-state index contributed by atoms with van der Waals surface area (Å²) < 4.78 is 15.0. The van der Waals surface area contributed by atoms with Crippen molar-refractivity contribution in [3.63, 3.8) is 0 Å². The van der Waals surface area contributed by atoms with Gasteiger partial charge in [-0.25, -0.2) is 19.9 Å². The summed E-state index contributed by atoms with van der Waals surface area (Å²) in [6.07, 6.45) is 15.8. The van der Waals surface area contributed by atoms with E-state index < -0.39 is 0 Å². The highest BCUT2D eigenvalue weighted by Crippen LogP contribution is 2.54. The van der Waals surface area contributed by atoms with Gasteiger partial charge in [0.1, 0.15) is 42.3 Å². The number of ether oxygens (including phenoxy) is 2. The van der Waals surface area contributed by atoms with E-state index in [0.29, 0.717) is 24.2 Å². The molecule has 6 aliphatic rings. The number of halogens is 3. The van der Waals surface area contributed by atoms with Crippen LogP contribution in [0.25, 0.3) is 0 Å². The Bertz CT molecular complexity index is 1750. The van der Waals surface area contributed by atoms with Gasteiger partial charge in [0.25, 0.3) is 0 Å². The Morgan fingerprint density at radius 2 is 1.06 bits per heavy atom. The van der Waals surface area contributed by atoms with E-state index in [1.807, 2.05) is 36.5 Å². The lowest BCUT2D eigenvalue weighted by molar-refractivity contribution is 0.0183. The Morgan fingerprint density at radius 3 is 1.51 bits per heavy atom. The van der Waals surface area contributed by atoms with Crippen molar-refractivity contribution < 1.29 is 9.47 Å². The van der Waals surface area contributed by atoms with Crippen molar-refractivity contribution >= 4 is 53.6 Å². The first-order valence-corrected chi connectivity index (χ1v) is 19.3. The maximum absolute atomic E-state index is 6.63. The molecule has 2 unspecified atom stereocenters.